The number of anilines is 1. The van der Waals surface area contributed by atoms with Gasteiger partial charge in [0.05, 0.1) is 11.4 Å². The van der Waals surface area contributed by atoms with Crippen molar-refractivity contribution in [2.24, 2.45) is 0 Å². The van der Waals surface area contributed by atoms with Crippen molar-refractivity contribution in [1.82, 2.24) is 14.9 Å². The predicted octanol–water partition coefficient (Wildman–Crippen LogP) is 3.61. The first kappa shape index (κ1) is 18.9. The molecule has 1 heterocycles. The number of hydrogen-bond donors (Lipinski definition) is 2. The smallest absolute Gasteiger partial charge is 0.234 e. The van der Waals surface area contributed by atoms with E-state index < -0.39 is 5.82 Å². The summed E-state index contributed by atoms with van der Waals surface area (Å²) in [5, 5.41) is 13.5. The molecule has 3 aromatic carbocycles. The zero-order valence-corrected chi connectivity index (χ0v) is 16.2. The number of thioether (sulfide) groups is 1. The summed E-state index contributed by atoms with van der Waals surface area (Å²) in [6, 6.07) is 20.2. The number of nitrogens with one attached hydrogen (secondary N) is 1. The summed E-state index contributed by atoms with van der Waals surface area (Å²) in [4.78, 5) is 12.1. The first-order valence-corrected chi connectivity index (χ1v) is 9.93. The van der Waals surface area contributed by atoms with Crippen LogP contribution in [0.1, 0.15) is 11.4 Å². The highest BCUT2D eigenvalue weighted by molar-refractivity contribution is 7.99. The Bertz CT molecular complexity index is 1170. The minimum absolute atomic E-state index is 0.0396. The number of nitrogen functional groups attached to an aromatic ring is 1. The third-order valence-corrected chi connectivity index (χ3v) is 5.39. The summed E-state index contributed by atoms with van der Waals surface area (Å²) in [7, 11) is 0. The average Bonchev–Trinajstić information content (AvgIpc) is 3.08. The molecular weight excluding hydrogens is 389 g/mol. The van der Waals surface area contributed by atoms with Crippen LogP contribution in [0.25, 0.3) is 10.8 Å². The van der Waals surface area contributed by atoms with E-state index in [-0.39, 0.29) is 17.3 Å². The molecule has 3 N–H and O–H groups in total. The number of para-hydroxylation sites is 1. The normalized spacial score (nSPS) is 10.9. The number of carbonyl (C=O) groups is 1. The van der Waals surface area contributed by atoms with Crippen molar-refractivity contribution in [3.8, 4) is 0 Å². The molecule has 29 heavy (non-hydrogen) atoms. The Morgan fingerprint density at radius 1 is 1.03 bits per heavy atom. The lowest BCUT2D eigenvalue weighted by Crippen LogP contribution is -2.18. The Balaban J connectivity index is 1.43. The molecule has 0 saturated carbocycles. The maximum atomic E-state index is 13.6. The van der Waals surface area contributed by atoms with Crippen LogP contribution >= 0.6 is 11.8 Å². The predicted molar refractivity (Wildman–Crippen MR) is 113 cm³/mol. The third-order valence-electron chi connectivity index (χ3n) is 4.44. The summed E-state index contributed by atoms with van der Waals surface area (Å²) < 4.78 is 15.0. The Labute approximate surface area is 170 Å². The molecule has 0 unspecified atom stereocenters. The summed E-state index contributed by atoms with van der Waals surface area (Å²) in [6.07, 6.45) is 0.521. The second-order valence-electron chi connectivity index (χ2n) is 6.40. The van der Waals surface area contributed by atoms with E-state index in [0.29, 0.717) is 17.4 Å². The molecule has 0 aliphatic rings. The fourth-order valence-electron chi connectivity index (χ4n) is 3.02. The van der Waals surface area contributed by atoms with Gasteiger partial charge in [-0.15, -0.1) is 10.2 Å². The van der Waals surface area contributed by atoms with Crippen molar-refractivity contribution in [2.75, 3.05) is 16.9 Å². The van der Waals surface area contributed by atoms with Gasteiger partial charge in [-0.3, -0.25) is 4.79 Å². The molecule has 4 aromatic rings. The van der Waals surface area contributed by atoms with Crippen LogP contribution in [-0.2, 0) is 11.2 Å². The number of rotatable bonds is 6. The van der Waals surface area contributed by atoms with E-state index in [0.717, 1.165) is 28.1 Å². The van der Waals surface area contributed by atoms with E-state index in [1.54, 1.807) is 12.1 Å². The van der Waals surface area contributed by atoms with Gasteiger partial charge >= 0.3 is 0 Å². The lowest BCUT2D eigenvalue weighted by Gasteiger charge is -2.07. The van der Waals surface area contributed by atoms with E-state index in [2.05, 4.69) is 33.7 Å². The lowest BCUT2D eigenvalue weighted by atomic mass is 10.0. The van der Waals surface area contributed by atoms with Gasteiger partial charge in [0.15, 0.2) is 5.82 Å². The van der Waals surface area contributed by atoms with Gasteiger partial charge in [-0.05, 0) is 28.5 Å². The van der Waals surface area contributed by atoms with Crippen LogP contribution in [0.4, 0.5) is 10.1 Å². The number of carbonyl (C=O) groups excluding carboxylic acids is 1. The van der Waals surface area contributed by atoms with Crippen LogP contribution in [0.2, 0.25) is 0 Å². The molecule has 1 amide bonds. The van der Waals surface area contributed by atoms with Gasteiger partial charge in [0.2, 0.25) is 11.1 Å². The fourth-order valence-corrected chi connectivity index (χ4v) is 3.70. The molecule has 0 radical (unpaired) electrons. The maximum Gasteiger partial charge on any atom is 0.234 e. The highest BCUT2D eigenvalue weighted by Crippen LogP contribution is 2.22. The first-order valence-electron chi connectivity index (χ1n) is 8.95. The molecule has 0 aliphatic carbocycles. The Morgan fingerprint density at radius 2 is 1.79 bits per heavy atom. The molecule has 0 atom stereocenters. The summed E-state index contributed by atoms with van der Waals surface area (Å²) >= 11 is 1.15. The molecule has 0 saturated heterocycles. The zero-order chi connectivity index (χ0) is 20.2. The van der Waals surface area contributed by atoms with Gasteiger partial charge in [-0.25, -0.2) is 9.07 Å². The van der Waals surface area contributed by atoms with E-state index >= 15 is 0 Å². The zero-order valence-electron chi connectivity index (χ0n) is 15.4. The van der Waals surface area contributed by atoms with Crippen LogP contribution in [0.3, 0.4) is 0 Å². The Kier molecular flexibility index (Phi) is 5.44. The van der Waals surface area contributed by atoms with Gasteiger partial charge < -0.3 is 11.2 Å². The van der Waals surface area contributed by atoms with Crippen molar-refractivity contribution in [3.05, 3.63) is 83.9 Å². The molecule has 4 rings (SSSR count). The largest absolute Gasteiger partial charge is 0.336 e. The number of nitrogens with zero attached hydrogens (tertiary/aromatic N) is 3. The van der Waals surface area contributed by atoms with Crippen molar-refractivity contribution in [2.45, 2.75) is 11.6 Å². The number of nitrogens with two attached hydrogens (primary N) is 1. The minimum atomic E-state index is -0.481. The number of halogens is 1. The first-order chi connectivity index (χ1) is 14.1. The third kappa shape index (κ3) is 4.22. The quantitative estimate of drug-likeness (QED) is 0.377. The van der Waals surface area contributed by atoms with E-state index in [1.165, 1.54) is 16.8 Å². The molecule has 0 bridgehead atoms. The summed E-state index contributed by atoms with van der Waals surface area (Å²) in [5.74, 6) is 5.94. The maximum absolute atomic E-state index is 13.6. The topological polar surface area (TPSA) is 85.8 Å². The van der Waals surface area contributed by atoms with Gasteiger partial charge in [0, 0.05) is 6.42 Å². The fraction of sp³-hybridized carbons (Fsp3) is 0.0952. The Morgan fingerprint density at radius 3 is 2.66 bits per heavy atom. The van der Waals surface area contributed by atoms with Gasteiger partial charge in [0.25, 0.3) is 0 Å². The second-order valence-corrected chi connectivity index (χ2v) is 7.34. The monoisotopic (exact) mass is 407 g/mol. The highest BCUT2D eigenvalue weighted by Gasteiger charge is 2.14. The molecule has 0 fully saturated rings. The molecule has 0 aliphatic heterocycles. The van der Waals surface area contributed by atoms with Crippen molar-refractivity contribution in [1.29, 1.82) is 0 Å². The average molecular weight is 407 g/mol. The van der Waals surface area contributed by atoms with Crippen LogP contribution in [0.15, 0.2) is 71.9 Å². The number of hydrogen-bond acceptors (Lipinski definition) is 5. The van der Waals surface area contributed by atoms with Gasteiger partial charge in [0.1, 0.15) is 5.82 Å². The van der Waals surface area contributed by atoms with Crippen LogP contribution < -0.4 is 11.2 Å². The molecule has 8 heteroatoms. The molecule has 1 aromatic heterocycles. The van der Waals surface area contributed by atoms with Crippen molar-refractivity contribution >= 4 is 34.1 Å². The molecule has 146 valence electrons. The highest BCUT2D eigenvalue weighted by atomic mass is 32.2. The van der Waals surface area contributed by atoms with Crippen LogP contribution in [0.5, 0.6) is 0 Å². The molecule has 6 nitrogen and oxygen atoms in total. The van der Waals surface area contributed by atoms with Crippen LogP contribution in [-0.4, -0.2) is 26.5 Å². The van der Waals surface area contributed by atoms with E-state index in [1.807, 2.05) is 24.3 Å². The number of aromatic nitrogens is 3. The molecule has 0 spiro atoms. The lowest BCUT2D eigenvalue weighted by molar-refractivity contribution is -0.113. The number of benzene rings is 3. The molecular formula is C21H18FN5OS. The standard InChI is InChI=1S/C21H18FN5OS/c22-17-10-3-4-11-18(17)24-20(28)13-29-21-26-25-19(27(21)23)12-15-8-5-7-14-6-1-2-9-16(14)15/h1-11H,12-13,23H2,(H,24,28). The van der Waals surface area contributed by atoms with E-state index in [4.69, 9.17) is 5.84 Å². The van der Waals surface area contributed by atoms with Gasteiger partial charge in [-0.2, -0.15) is 0 Å². The number of amides is 1. The van der Waals surface area contributed by atoms with Gasteiger partial charge in [-0.1, -0.05) is 66.4 Å². The summed E-state index contributed by atoms with van der Waals surface area (Å²) in [6.45, 7) is 0. The number of fused-ring (bicyclic) bond motifs is 1. The van der Waals surface area contributed by atoms with E-state index in [9.17, 15) is 9.18 Å². The van der Waals surface area contributed by atoms with Crippen LogP contribution in [0, 0.1) is 5.82 Å². The van der Waals surface area contributed by atoms with Crippen molar-refractivity contribution in [3.63, 3.8) is 0 Å². The SMILES string of the molecule is Nn1c(Cc2cccc3ccccc23)nnc1SCC(=O)Nc1ccccc1F. The van der Waals surface area contributed by atoms with Crippen molar-refractivity contribution < 1.29 is 9.18 Å². The summed E-state index contributed by atoms with van der Waals surface area (Å²) in [5.41, 5.74) is 1.24. The Hall–Kier alpha value is -3.39. The minimum Gasteiger partial charge on any atom is -0.336 e. The second kappa shape index (κ2) is 8.32.